The predicted octanol–water partition coefficient (Wildman–Crippen LogP) is 1.95. The van der Waals surface area contributed by atoms with Gasteiger partial charge in [0.1, 0.15) is 11.6 Å². The fraction of sp³-hybridized carbons (Fsp3) is 0.500. The molecule has 1 fully saturated rings. The maximum atomic E-state index is 12.3. The highest BCUT2D eigenvalue weighted by atomic mass is 16.5. The Morgan fingerprint density at radius 1 is 1.42 bits per heavy atom. The number of amides is 2. The molecule has 0 radical (unpaired) electrons. The quantitative estimate of drug-likeness (QED) is 0.878. The number of aromatic nitrogens is 3. The predicted molar refractivity (Wildman–Crippen MR) is 93.2 cm³/mol. The molecular formula is C18H23N5O3. The van der Waals surface area contributed by atoms with Gasteiger partial charge >= 0.3 is 0 Å². The maximum Gasteiger partial charge on any atom is 0.273 e. The Labute approximate surface area is 152 Å². The van der Waals surface area contributed by atoms with Crippen molar-refractivity contribution in [2.24, 2.45) is 0 Å². The molecule has 1 unspecified atom stereocenters. The van der Waals surface area contributed by atoms with E-state index in [2.05, 4.69) is 20.4 Å². The average Bonchev–Trinajstić information content (AvgIpc) is 3.29. The fourth-order valence-corrected chi connectivity index (χ4v) is 3.22. The summed E-state index contributed by atoms with van der Waals surface area (Å²) in [5.74, 6) is 1.04. The van der Waals surface area contributed by atoms with Gasteiger partial charge in [0.25, 0.3) is 5.91 Å². The Kier molecular flexibility index (Phi) is 5.29. The highest BCUT2D eigenvalue weighted by Gasteiger charge is 2.31. The van der Waals surface area contributed by atoms with Crippen molar-refractivity contribution in [3.8, 4) is 0 Å². The van der Waals surface area contributed by atoms with E-state index in [9.17, 15) is 9.59 Å². The van der Waals surface area contributed by atoms with Crippen molar-refractivity contribution in [1.29, 1.82) is 0 Å². The van der Waals surface area contributed by atoms with E-state index < -0.39 is 0 Å². The zero-order valence-corrected chi connectivity index (χ0v) is 15.3. The molecular weight excluding hydrogens is 334 g/mol. The van der Waals surface area contributed by atoms with Crippen LogP contribution in [0.25, 0.3) is 0 Å². The van der Waals surface area contributed by atoms with Gasteiger partial charge in [0.2, 0.25) is 5.91 Å². The SMILES string of the molecule is CCc1cc(C(=O)NCc2cnc(C)nc2C2CCCN2C(C)=O)no1. The van der Waals surface area contributed by atoms with Crippen molar-refractivity contribution in [2.75, 3.05) is 6.54 Å². The van der Waals surface area contributed by atoms with Gasteiger partial charge in [-0.25, -0.2) is 9.97 Å². The molecule has 3 heterocycles. The Hall–Kier alpha value is -2.77. The number of carbonyl (C=O) groups excluding carboxylic acids is 2. The fourth-order valence-electron chi connectivity index (χ4n) is 3.22. The van der Waals surface area contributed by atoms with Crippen LogP contribution in [-0.4, -0.2) is 38.4 Å². The van der Waals surface area contributed by atoms with Crippen molar-refractivity contribution in [2.45, 2.75) is 52.6 Å². The van der Waals surface area contributed by atoms with Crippen LogP contribution in [0, 0.1) is 6.92 Å². The summed E-state index contributed by atoms with van der Waals surface area (Å²) in [7, 11) is 0. The number of carbonyl (C=O) groups is 2. The van der Waals surface area contributed by atoms with Gasteiger partial charge in [0.15, 0.2) is 5.69 Å². The molecule has 0 aliphatic carbocycles. The van der Waals surface area contributed by atoms with Gasteiger partial charge in [0, 0.05) is 44.3 Å². The number of aryl methyl sites for hydroxylation is 2. The summed E-state index contributed by atoms with van der Waals surface area (Å²) in [4.78, 5) is 34.8. The van der Waals surface area contributed by atoms with Crippen LogP contribution in [0.15, 0.2) is 16.8 Å². The van der Waals surface area contributed by atoms with E-state index >= 15 is 0 Å². The number of likely N-dealkylation sites (tertiary alicyclic amines) is 1. The second-order valence-electron chi connectivity index (χ2n) is 6.41. The standard InChI is InChI=1S/C18H23N5O3/c1-4-14-8-15(22-26-14)18(25)20-10-13-9-19-11(2)21-17(13)16-6-5-7-23(16)12(3)24/h8-9,16H,4-7,10H2,1-3H3,(H,20,25). The van der Waals surface area contributed by atoms with Gasteiger partial charge in [-0.3, -0.25) is 9.59 Å². The minimum atomic E-state index is -0.310. The summed E-state index contributed by atoms with van der Waals surface area (Å²) >= 11 is 0. The van der Waals surface area contributed by atoms with Crippen LogP contribution in [0.1, 0.15) is 66.1 Å². The van der Waals surface area contributed by atoms with Crippen LogP contribution in [0.2, 0.25) is 0 Å². The number of nitrogens with one attached hydrogen (secondary N) is 1. The van der Waals surface area contributed by atoms with Crippen LogP contribution < -0.4 is 5.32 Å². The normalized spacial score (nSPS) is 16.7. The first-order valence-electron chi connectivity index (χ1n) is 8.83. The Morgan fingerprint density at radius 2 is 2.23 bits per heavy atom. The molecule has 2 aromatic heterocycles. The minimum Gasteiger partial charge on any atom is -0.361 e. The van der Waals surface area contributed by atoms with Gasteiger partial charge in [0.05, 0.1) is 11.7 Å². The summed E-state index contributed by atoms with van der Waals surface area (Å²) in [6.07, 6.45) is 4.20. The van der Waals surface area contributed by atoms with Crippen molar-refractivity contribution >= 4 is 11.8 Å². The smallest absolute Gasteiger partial charge is 0.273 e. The second-order valence-corrected chi connectivity index (χ2v) is 6.41. The van der Waals surface area contributed by atoms with Crippen LogP contribution in [0.4, 0.5) is 0 Å². The molecule has 0 bridgehead atoms. The van der Waals surface area contributed by atoms with Crippen LogP contribution in [0.5, 0.6) is 0 Å². The molecule has 8 nitrogen and oxygen atoms in total. The highest BCUT2D eigenvalue weighted by molar-refractivity contribution is 5.92. The summed E-state index contributed by atoms with van der Waals surface area (Å²) in [5, 5.41) is 6.61. The van der Waals surface area contributed by atoms with Gasteiger partial charge < -0.3 is 14.7 Å². The number of rotatable bonds is 5. The monoisotopic (exact) mass is 357 g/mol. The molecule has 8 heteroatoms. The molecule has 0 spiro atoms. The lowest BCUT2D eigenvalue weighted by Crippen LogP contribution is -2.31. The van der Waals surface area contributed by atoms with Gasteiger partial charge in [-0.05, 0) is 19.8 Å². The molecule has 26 heavy (non-hydrogen) atoms. The first kappa shape index (κ1) is 18.0. The molecule has 138 valence electrons. The lowest BCUT2D eigenvalue weighted by molar-refractivity contribution is -0.129. The topological polar surface area (TPSA) is 101 Å². The first-order chi connectivity index (χ1) is 12.5. The summed E-state index contributed by atoms with van der Waals surface area (Å²) in [5.41, 5.74) is 1.86. The summed E-state index contributed by atoms with van der Waals surface area (Å²) < 4.78 is 5.07. The van der Waals surface area contributed by atoms with E-state index in [1.807, 2.05) is 18.7 Å². The molecule has 1 N–H and O–H groups in total. The van der Waals surface area contributed by atoms with Crippen LogP contribution in [0.3, 0.4) is 0 Å². The molecule has 2 aromatic rings. The van der Waals surface area contributed by atoms with E-state index in [1.165, 1.54) is 0 Å². The molecule has 1 aliphatic rings. The van der Waals surface area contributed by atoms with E-state index in [1.54, 1.807) is 19.2 Å². The third-order valence-corrected chi connectivity index (χ3v) is 4.57. The van der Waals surface area contributed by atoms with Crippen LogP contribution >= 0.6 is 0 Å². The first-order valence-corrected chi connectivity index (χ1v) is 8.83. The van der Waals surface area contributed by atoms with Crippen molar-refractivity contribution in [1.82, 2.24) is 25.3 Å². The molecule has 3 rings (SSSR count). The number of nitrogens with zero attached hydrogens (tertiary/aromatic N) is 4. The third kappa shape index (κ3) is 3.74. The zero-order valence-electron chi connectivity index (χ0n) is 15.3. The lowest BCUT2D eigenvalue weighted by atomic mass is 10.1. The maximum absolute atomic E-state index is 12.3. The van der Waals surface area contributed by atoms with Crippen molar-refractivity contribution in [3.63, 3.8) is 0 Å². The minimum absolute atomic E-state index is 0.0356. The van der Waals surface area contributed by atoms with Gasteiger partial charge in [-0.1, -0.05) is 12.1 Å². The molecule has 0 aromatic carbocycles. The Bertz CT molecular complexity index is 817. The molecule has 0 saturated carbocycles. The largest absolute Gasteiger partial charge is 0.361 e. The summed E-state index contributed by atoms with van der Waals surface area (Å²) in [6.45, 7) is 6.32. The average molecular weight is 357 g/mol. The Morgan fingerprint density at radius 3 is 2.92 bits per heavy atom. The van der Waals surface area contributed by atoms with Crippen molar-refractivity contribution in [3.05, 3.63) is 40.8 Å². The lowest BCUT2D eigenvalue weighted by Gasteiger charge is -2.24. The molecule has 1 aliphatic heterocycles. The van der Waals surface area contributed by atoms with Crippen molar-refractivity contribution < 1.29 is 14.1 Å². The number of hydrogen-bond acceptors (Lipinski definition) is 6. The molecule has 1 atom stereocenters. The second kappa shape index (κ2) is 7.63. The zero-order chi connectivity index (χ0) is 18.7. The van der Waals surface area contributed by atoms with Gasteiger partial charge in [-0.2, -0.15) is 0 Å². The molecule has 1 saturated heterocycles. The van der Waals surface area contributed by atoms with E-state index in [4.69, 9.17) is 4.52 Å². The molecule has 2 amide bonds. The van der Waals surface area contributed by atoms with E-state index in [0.717, 1.165) is 30.6 Å². The van der Waals surface area contributed by atoms with E-state index in [0.29, 0.717) is 18.0 Å². The van der Waals surface area contributed by atoms with E-state index in [-0.39, 0.29) is 30.1 Å². The summed E-state index contributed by atoms with van der Waals surface area (Å²) in [6, 6.07) is 1.57. The highest BCUT2D eigenvalue weighted by Crippen LogP contribution is 2.32. The Balaban J connectivity index is 1.77. The van der Waals surface area contributed by atoms with Gasteiger partial charge in [-0.15, -0.1) is 0 Å². The third-order valence-electron chi connectivity index (χ3n) is 4.57. The number of hydrogen-bond donors (Lipinski definition) is 1. The van der Waals surface area contributed by atoms with Crippen LogP contribution in [-0.2, 0) is 17.8 Å².